The quantitative estimate of drug-likeness (QED) is 0.802. The molecule has 2 amide bonds. The molecule has 0 radical (unpaired) electrons. The van der Waals surface area contributed by atoms with Crippen LogP contribution >= 0.6 is 0 Å². The fourth-order valence-corrected chi connectivity index (χ4v) is 3.41. The molecule has 1 aromatic carbocycles. The maximum Gasteiger partial charge on any atom is 0.251 e. The van der Waals surface area contributed by atoms with E-state index < -0.39 is 0 Å². The van der Waals surface area contributed by atoms with Crippen molar-refractivity contribution in [3.8, 4) is 5.75 Å². The Hall–Kier alpha value is -1.88. The number of imide groups is 1. The molecule has 2 fully saturated rings. The van der Waals surface area contributed by atoms with E-state index in [9.17, 15) is 9.59 Å². The van der Waals surface area contributed by atoms with Gasteiger partial charge >= 0.3 is 0 Å². The van der Waals surface area contributed by atoms with Gasteiger partial charge in [-0.3, -0.25) is 14.5 Å². The third kappa shape index (κ3) is 2.73. The van der Waals surface area contributed by atoms with Crippen molar-refractivity contribution in [3.63, 3.8) is 0 Å². The Kier molecular flexibility index (Phi) is 4.16. The Morgan fingerprint density at radius 2 is 1.91 bits per heavy atom. The topological polar surface area (TPSA) is 49.9 Å². The van der Waals surface area contributed by atoms with Crippen LogP contribution in [0.4, 0.5) is 5.69 Å². The number of methoxy groups -OCH3 is 1. The summed E-state index contributed by atoms with van der Waals surface area (Å²) in [5.74, 6) is 1.10. The van der Waals surface area contributed by atoms with Crippen LogP contribution in [0.15, 0.2) is 24.3 Å². The lowest BCUT2D eigenvalue weighted by Crippen LogP contribution is -2.46. The Morgan fingerprint density at radius 1 is 1.18 bits per heavy atom. The highest BCUT2D eigenvalue weighted by Gasteiger charge is 2.43. The zero-order valence-corrected chi connectivity index (χ0v) is 13.1. The summed E-state index contributed by atoms with van der Waals surface area (Å²) in [5, 5.41) is 0. The standard InChI is InChI=1S/C17H22N2O3/c1-12-4-3-9-18(11-12)15-10-16(20)19(17(15)21)13-5-7-14(22-2)8-6-13/h5-8,12,15H,3-4,9-11H2,1-2H3/t12-,15-/m0/s1. The van der Waals surface area contributed by atoms with Gasteiger partial charge in [-0.15, -0.1) is 0 Å². The van der Waals surface area contributed by atoms with Gasteiger partial charge in [0, 0.05) is 6.54 Å². The highest BCUT2D eigenvalue weighted by molar-refractivity contribution is 6.22. The summed E-state index contributed by atoms with van der Waals surface area (Å²) >= 11 is 0. The fourth-order valence-electron chi connectivity index (χ4n) is 3.41. The molecular formula is C17H22N2O3. The molecule has 2 atom stereocenters. The largest absolute Gasteiger partial charge is 0.497 e. The molecule has 2 heterocycles. The average Bonchev–Trinajstić information content (AvgIpc) is 2.82. The van der Waals surface area contributed by atoms with E-state index in [4.69, 9.17) is 4.74 Å². The summed E-state index contributed by atoms with van der Waals surface area (Å²) in [6.07, 6.45) is 2.59. The fraction of sp³-hybridized carbons (Fsp3) is 0.529. The molecule has 0 aliphatic carbocycles. The van der Waals surface area contributed by atoms with Gasteiger partial charge in [-0.05, 0) is 49.6 Å². The molecule has 5 heteroatoms. The molecule has 2 saturated heterocycles. The van der Waals surface area contributed by atoms with Crippen LogP contribution in [-0.2, 0) is 9.59 Å². The lowest BCUT2D eigenvalue weighted by Gasteiger charge is -2.34. The van der Waals surface area contributed by atoms with Gasteiger partial charge in [-0.25, -0.2) is 4.90 Å². The summed E-state index contributed by atoms with van der Waals surface area (Å²) < 4.78 is 5.12. The number of hydrogen-bond acceptors (Lipinski definition) is 4. The second-order valence-corrected chi connectivity index (χ2v) is 6.23. The number of amides is 2. The highest BCUT2D eigenvalue weighted by Crippen LogP contribution is 2.29. The summed E-state index contributed by atoms with van der Waals surface area (Å²) in [7, 11) is 1.59. The average molecular weight is 302 g/mol. The minimum atomic E-state index is -0.294. The van der Waals surface area contributed by atoms with Crippen LogP contribution < -0.4 is 9.64 Å². The number of rotatable bonds is 3. The van der Waals surface area contributed by atoms with Crippen LogP contribution in [-0.4, -0.2) is 43.0 Å². The van der Waals surface area contributed by atoms with E-state index in [1.54, 1.807) is 31.4 Å². The predicted octanol–water partition coefficient (Wildman–Crippen LogP) is 2.06. The van der Waals surface area contributed by atoms with Gasteiger partial charge in [-0.2, -0.15) is 0 Å². The number of nitrogens with zero attached hydrogens (tertiary/aromatic N) is 2. The summed E-state index contributed by atoms with van der Waals surface area (Å²) in [4.78, 5) is 28.5. The van der Waals surface area contributed by atoms with Crippen molar-refractivity contribution in [1.29, 1.82) is 0 Å². The SMILES string of the molecule is COc1ccc(N2C(=O)C[C@H](N3CCC[C@H](C)C3)C2=O)cc1. The van der Waals surface area contributed by atoms with E-state index in [2.05, 4.69) is 11.8 Å². The van der Waals surface area contributed by atoms with Gasteiger partial charge in [0.25, 0.3) is 5.91 Å². The molecule has 22 heavy (non-hydrogen) atoms. The number of likely N-dealkylation sites (tertiary alicyclic amines) is 1. The maximum atomic E-state index is 12.7. The van der Waals surface area contributed by atoms with Crippen molar-refractivity contribution in [2.24, 2.45) is 5.92 Å². The summed E-state index contributed by atoms with van der Waals surface area (Å²) in [6, 6.07) is 6.77. The third-order valence-corrected chi connectivity index (χ3v) is 4.58. The van der Waals surface area contributed by atoms with Crippen molar-refractivity contribution in [2.45, 2.75) is 32.2 Å². The van der Waals surface area contributed by atoms with Gasteiger partial charge in [0.15, 0.2) is 0 Å². The molecule has 5 nitrogen and oxygen atoms in total. The van der Waals surface area contributed by atoms with Crippen LogP contribution in [0, 0.1) is 5.92 Å². The van der Waals surface area contributed by atoms with E-state index >= 15 is 0 Å². The van der Waals surface area contributed by atoms with Crippen molar-refractivity contribution in [1.82, 2.24) is 4.90 Å². The molecule has 118 valence electrons. The first-order chi connectivity index (χ1) is 10.6. The van der Waals surface area contributed by atoms with E-state index in [1.165, 1.54) is 11.3 Å². The van der Waals surface area contributed by atoms with E-state index in [1.807, 2.05) is 0 Å². The molecule has 3 rings (SSSR count). The van der Waals surface area contributed by atoms with Crippen LogP contribution in [0.25, 0.3) is 0 Å². The number of ether oxygens (including phenoxy) is 1. The maximum absolute atomic E-state index is 12.7. The predicted molar refractivity (Wildman–Crippen MR) is 83.9 cm³/mol. The first kappa shape index (κ1) is 15.0. The molecule has 2 aliphatic heterocycles. The third-order valence-electron chi connectivity index (χ3n) is 4.58. The van der Waals surface area contributed by atoms with E-state index in [0.29, 0.717) is 17.4 Å². The number of carbonyl (C=O) groups is 2. The van der Waals surface area contributed by atoms with Crippen LogP contribution in [0.2, 0.25) is 0 Å². The van der Waals surface area contributed by atoms with E-state index in [-0.39, 0.29) is 24.3 Å². The number of hydrogen-bond donors (Lipinski definition) is 0. The van der Waals surface area contributed by atoms with Gasteiger partial charge in [0.1, 0.15) is 5.75 Å². The highest BCUT2D eigenvalue weighted by atomic mass is 16.5. The van der Waals surface area contributed by atoms with E-state index in [0.717, 1.165) is 19.5 Å². The number of benzene rings is 1. The van der Waals surface area contributed by atoms with Crippen molar-refractivity contribution in [3.05, 3.63) is 24.3 Å². The van der Waals surface area contributed by atoms with Crippen molar-refractivity contribution >= 4 is 17.5 Å². The lowest BCUT2D eigenvalue weighted by atomic mass is 9.98. The summed E-state index contributed by atoms with van der Waals surface area (Å²) in [5.41, 5.74) is 0.628. The van der Waals surface area contributed by atoms with Crippen LogP contribution in [0.1, 0.15) is 26.2 Å². The number of piperidine rings is 1. The first-order valence-corrected chi connectivity index (χ1v) is 7.85. The molecule has 0 bridgehead atoms. The van der Waals surface area contributed by atoms with Crippen molar-refractivity contribution < 1.29 is 14.3 Å². The molecule has 0 unspecified atom stereocenters. The lowest BCUT2D eigenvalue weighted by molar-refractivity contribution is -0.123. The number of anilines is 1. The van der Waals surface area contributed by atoms with Gasteiger partial charge < -0.3 is 4.74 Å². The zero-order valence-electron chi connectivity index (χ0n) is 13.1. The molecular weight excluding hydrogens is 280 g/mol. The molecule has 1 aromatic rings. The molecule has 0 saturated carbocycles. The number of carbonyl (C=O) groups excluding carboxylic acids is 2. The Labute approximate surface area is 130 Å². The molecule has 0 N–H and O–H groups in total. The van der Waals surface area contributed by atoms with Gasteiger partial charge in [0.2, 0.25) is 5.91 Å². The normalized spacial score (nSPS) is 26.5. The molecule has 0 spiro atoms. The summed E-state index contributed by atoms with van der Waals surface area (Å²) in [6.45, 7) is 4.01. The Balaban J connectivity index is 1.78. The monoisotopic (exact) mass is 302 g/mol. The Morgan fingerprint density at radius 3 is 2.55 bits per heavy atom. The first-order valence-electron chi connectivity index (χ1n) is 7.85. The Bertz CT molecular complexity index is 570. The minimum Gasteiger partial charge on any atom is -0.497 e. The minimum absolute atomic E-state index is 0.0933. The molecule has 2 aliphatic rings. The second kappa shape index (κ2) is 6.08. The van der Waals surface area contributed by atoms with Crippen LogP contribution in [0.5, 0.6) is 5.75 Å². The van der Waals surface area contributed by atoms with Gasteiger partial charge in [-0.1, -0.05) is 6.92 Å². The van der Waals surface area contributed by atoms with Gasteiger partial charge in [0.05, 0.1) is 25.3 Å². The second-order valence-electron chi connectivity index (χ2n) is 6.23. The molecule has 0 aromatic heterocycles. The smallest absolute Gasteiger partial charge is 0.251 e. The van der Waals surface area contributed by atoms with Crippen LogP contribution in [0.3, 0.4) is 0 Å². The zero-order chi connectivity index (χ0) is 15.7. The van der Waals surface area contributed by atoms with Crippen molar-refractivity contribution in [2.75, 3.05) is 25.1 Å².